The van der Waals surface area contributed by atoms with Crippen LogP contribution in [0.1, 0.15) is 58.7 Å². The molecule has 2 aromatic carbocycles. The van der Waals surface area contributed by atoms with E-state index < -0.39 is 0 Å². The van der Waals surface area contributed by atoms with Gasteiger partial charge in [-0.05, 0) is 84.5 Å². The third-order valence-electron chi connectivity index (χ3n) is 9.45. The number of fused-ring (bicyclic) bond motifs is 2. The molecular weight excluding hydrogens is 657 g/mol. The molecule has 1 amide bonds. The number of primary amides is 1. The minimum Gasteiger partial charge on any atom is -0.370 e. The van der Waals surface area contributed by atoms with Crippen molar-refractivity contribution in [1.82, 2.24) is 34.7 Å². The van der Waals surface area contributed by atoms with Crippen molar-refractivity contribution in [3.63, 3.8) is 0 Å². The molecule has 0 radical (unpaired) electrons. The van der Waals surface area contributed by atoms with Crippen LogP contribution in [0.25, 0.3) is 21.8 Å². The molecule has 0 aliphatic carbocycles. The van der Waals surface area contributed by atoms with Gasteiger partial charge in [0.05, 0.1) is 33.8 Å². The molecule has 0 bridgehead atoms. The Kier molecular flexibility index (Phi) is 11.8. The van der Waals surface area contributed by atoms with E-state index in [0.29, 0.717) is 45.7 Å². The van der Waals surface area contributed by atoms with E-state index in [4.69, 9.17) is 10.7 Å². The zero-order valence-corrected chi connectivity index (χ0v) is 29.9. The summed E-state index contributed by atoms with van der Waals surface area (Å²) in [5.74, 6) is -0.263. The van der Waals surface area contributed by atoms with E-state index in [-0.39, 0.29) is 5.91 Å². The fourth-order valence-electron chi connectivity index (χ4n) is 7.02. The SMILES string of the molecule is NC(=O)CCCCc1c2cccc(CN(Cc3ccccn3)Cc3ccccn3)c2nc2c(CN(Cc3ccccn3)Cc3ccccn3)cccc12. The summed E-state index contributed by atoms with van der Waals surface area (Å²) < 4.78 is 0. The van der Waals surface area contributed by atoms with E-state index >= 15 is 0 Å². The highest BCUT2D eigenvalue weighted by atomic mass is 16.1. The van der Waals surface area contributed by atoms with Crippen molar-refractivity contribution >= 4 is 27.7 Å². The van der Waals surface area contributed by atoms with Gasteiger partial charge in [0.2, 0.25) is 5.91 Å². The summed E-state index contributed by atoms with van der Waals surface area (Å²) in [7, 11) is 0. The first-order chi connectivity index (χ1) is 26.1. The number of nitrogens with zero attached hydrogens (tertiary/aromatic N) is 7. The van der Waals surface area contributed by atoms with E-state index in [1.54, 1.807) is 0 Å². The maximum absolute atomic E-state index is 11.6. The number of benzene rings is 2. The molecule has 266 valence electrons. The van der Waals surface area contributed by atoms with E-state index in [0.717, 1.165) is 75.0 Å². The average Bonchev–Trinajstić information content (AvgIpc) is 3.18. The molecule has 9 nitrogen and oxygen atoms in total. The molecule has 0 atom stereocenters. The Morgan fingerprint density at radius 3 is 1.26 bits per heavy atom. The van der Waals surface area contributed by atoms with E-state index in [1.807, 2.05) is 73.3 Å². The quantitative estimate of drug-likeness (QED) is 0.0765. The van der Waals surface area contributed by atoms with Gasteiger partial charge in [-0.3, -0.25) is 34.5 Å². The van der Waals surface area contributed by atoms with Crippen LogP contribution >= 0.6 is 0 Å². The van der Waals surface area contributed by atoms with Crippen LogP contribution in [0.15, 0.2) is 134 Å². The van der Waals surface area contributed by atoms with Crippen molar-refractivity contribution in [1.29, 1.82) is 0 Å². The molecule has 5 heterocycles. The summed E-state index contributed by atoms with van der Waals surface area (Å²) in [6.07, 6.45) is 10.2. The van der Waals surface area contributed by atoms with Crippen molar-refractivity contribution in [3.8, 4) is 0 Å². The minimum absolute atomic E-state index is 0.263. The number of carbonyl (C=O) groups excluding carboxylic acids is 1. The fourth-order valence-corrected chi connectivity index (χ4v) is 7.02. The number of rotatable bonds is 17. The van der Waals surface area contributed by atoms with Crippen molar-refractivity contribution in [2.24, 2.45) is 5.73 Å². The third kappa shape index (κ3) is 9.51. The van der Waals surface area contributed by atoms with Crippen molar-refractivity contribution < 1.29 is 4.79 Å². The van der Waals surface area contributed by atoms with Gasteiger partial charge in [0, 0.05) is 81.2 Å². The molecule has 9 heteroatoms. The van der Waals surface area contributed by atoms with Crippen molar-refractivity contribution in [2.75, 3.05) is 0 Å². The molecule has 53 heavy (non-hydrogen) atoms. The second-order valence-electron chi connectivity index (χ2n) is 13.5. The van der Waals surface area contributed by atoms with Crippen LogP contribution in [-0.2, 0) is 50.5 Å². The number of amides is 1. The van der Waals surface area contributed by atoms with Crippen LogP contribution in [0.3, 0.4) is 0 Å². The number of unbranched alkanes of at least 4 members (excludes halogenated alkanes) is 1. The fraction of sp³-hybridized carbons (Fsp3) is 0.227. The molecule has 0 aliphatic rings. The van der Waals surface area contributed by atoms with Gasteiger partial charge in [0.25, 0.3) is 0 Å². The molecule has 0 unspecified atom stereocenters. The van der Waals surface area contributed by atoms with Gasteiger partial charge in [-0.25, -0.2) is 4.98 Å². The lowest BCUT2D eigenvalue weighted by atomic mass is 9.94. The van der Waals surface area contributed by atoms with Gasteiger partial charge in [0.1, 0.15) is 0 Å². The largest absolute Gasteiger partial charge is 0.370 e. The number of hydrogen-bond donors (Lipinski definition) is 1. The molecule has 0 fully saturated rings. The smallest absolute Gasteiger partial charge is 0.217 e. The van der Waals surface area contributed by atoms with Crippen molar-refractivity contribution in [3.05, 3.63) is 173 Å². The Morgan fingerprint density at radius 2 is 0.906 bits per heavy atom. The monoisotopic (exact) mass is 700 g/mol. The molecule has 0 spiro atoms. The lowest BCUT2D eigenvalue weighted by molar-refractivity contribution is -0.118. The molecule has 7 aromatic rings. The minimum atomic E-state index is -0.263. The summed E-state index contributed by atoms with van der Waals surface area (Å²) in [6.45, 7) is 4.01. The molecular formula is C44H44N8O. The van der Waals surface area contributed by atoms with Crippen LogP contribution < -0.4 is 5.73 Å². The van der Waals surface area contributed by atoms with Gasteiger partial charge in [0.15, 0.2) is 0 Å². The molecule has 0 saturated carbocycles. The summed E-state index contributed by atoms with van der Waals surface area (Å²) in [4.78, 5) is 40.5. The van der Waals surface area contributed by atoms with Crippen LogP contribution in [-0.4, -0.2) is 40.6 Å². The zero-order valence-electron chi connectivity index (χ0n) is 29.9. The first-order valence-corrected chi connectivity index (χ1v) is 18.2. The summed E-state index contributed by atoms with van der Waals surface area (Å²) in [6, 6.07) is 37.2. The second-order valence-corrected chi connectivity index (χ2v) is 13.5. The number of pyridine rings is 5. The maximum Gasteiger partial charge on any atom is 0.217 e. The summed E-state index contributed by atoms with van der Waals surface area (Å²) in [5, 5.41) is 2.28. The Morgan fingerprint density at radius 1 is 0.491 bits per heavy atom. The normalized spacial score (nSPS) is 11.5. The van der Waals surface area contributed by atoms with Crippen LogP contribution in [0.4, 0.5) is 0 Å². The number of aryl methyl sites for hydroxylation is 1. The van der Waals surface area contributed by atoms with Gasteiger partial charge < -0.3 is 5.73 Å². The Hall–Kier alpha value is -5.90. The molecule has 2 N–H and O–H groups in total. The first-order valence-electron chi connectivity index (χ1n) is 18.2. The summed E-state index contributed by atoms with van der Waals surface area (Å²) in [5.41, 5.74) is 15.0. The maximum atomic E-state index is 11.6. The number of carbonyl (C=O) groups is 1. The first kappa shape index (κ1) is 35.5. The van der Waals surface area contributed by atoms with E-state index in [2.05, 4.69) is 90.4 Å². The molecule has 5 aromatic heterocycles. The zero-order chi connectivity index (χ0) is 36.2. The van der Waals surface area contributed by atoms with Crippen molar-refractivity contribution in [2.45, 2.75) is 65.0 Å². The highest BCUT2D eigenvalue weighted by Crippen LogP contribution is 2.33. The lowest BCUT2D eigenvalue weighted by Gasteiger charge is -2.24. The molecule has 7 rings (SSSR count). The van der Waals surface area contributed by atoms with Crippen LogP contribution in [0, 0.1) is 0 Å². The topological polar surface area (TPSA) is 114 Å². The lowest BCUT2D eigenvalue weighted by Crippen LogP contribution is -2.24. The highest BCUT2D eigenvalue weighted by molar-refractivity contribution is 5.99. The Balaban J connectivity index is 1.30. The highest BCUT2D eigenvalue weighted by Gasteiger charge is 2.19. The predicted octanol–water partition coefficient (Wildman–Crippen LogP) is 7.57. The Labute approximate surface area is 310 Å². The molecule has 0 saturated heterocycles. The summed E-state index contributed by atoms with van der Waals surface area (Å²) >= 11 is 0. The van der Waals surface area contributed by atoms with Gasteiger partial charge >= 0.3 is 0 Å². The van der Waals surface area contributed by atoms with Crippen LogP contribution in [0.5, 0.6) is 0 Å². The predicted molar refractivity (Wildman–Crippen MR) is 209 cm³/mol. The number of para-hydroxylation sites is 2. The van der Waals surface area contributed by atoms with Gasteiger partial charge in [-0.2, -0.15) is 0 Å². The van der Waals surface area contributed by atoms with Gasteiger partial charge in [-0.15, -0.1) is 0 Å². The second kappa shape index (κ2) is 17.5. The number of hydrogen-bond acceptors (Lipinski definition) is 8. The van der Waals surface area contributed by atoms with E-state index in [1.165, 1.54) is 5.56 Å². The average molecular weight is 701 g/mol. The van der Waals surface area contributed by atoms with Crippen LogP contribution in [0.2, 0.25) is 0 Å². The van der Waals surface area contributed by atoms with E-state index in [9.17, 15) is 4.79 Å². The standard InChI is InChI=1S/C44H44N8O/c45-42(53)22-2-1-19-39-40-20-11-13-33(27-51(29-35-15-3-7-23-46-35)30-36-16-4-8-24-47-36)43(40)50-44-34(14-12-21-41(39)44)28-52(31-37-17-5-9-25-48-37)32-38-18-6-10-26-49-38/h3-18,20-21,23-26H,1-2,19,22,27-32H2,(H2,45,53). The number of aromatic nitrogens is 5. The third-order valence-corrected chi connectivity index (χ3v) is 9.45. The molecule has 0 aliphatic heterocycles. The number of nitrogens with two attached hydrogens (primary N) is 1. The Bertz CT molecular complexity index is 2010. The van der Waals surface area contributed by atoms with Gasteiger partial charge in [-0.1, -0.05) is 60.7 Å².